The van der Waals surface area contributed by atoms with Crippen molar-refractivity contribution in [1.82, 2.24) is 10.6 Å². The molecule has 28 heavy (non-hydrogen) atoms. The van der Waals surface area contributed by atoms with Gasteiger partial charge >= 0.3 is 0 Å². The van der Waals surface area contributed by atoms with Crippen molar-refractivity contribution in [3.05, 3.63) is 65.2 Å². The van der Waals surface area contributed by atoms with Gasteiger partial charge in [-0.25, -0.2) is 0 Å². The van der Waals surface area contributed by atoms with Gasteiger partial charge in [0.2, 0.25) is 11.8 Å². The van der Waals surface area contributed by atoms with Crippen LogP contribution < -0.4 is 15.5 Å². The van der Waals surface area contributed by atoms with Gasteiger partial charge in [-0.2, -0.15) is 0 Å². The van der Waals surface area contributed by atoms with Crippen molar-refractivity contribution >= 4 is 23.4 Å². The van der Waals surface area contributed by atoms with E-state index in [1.807, 2.05) is 38.1 Å². The molecule has 1 aliphatic heterocycles. The largest absolute Gasteiger partial charge is 0.348 e. The third-order valence-corrected chi connectivity index (χ3v) is 4.88. The Morgan fingerprint density at radius 3 is 2.36 bits per heavy atom. The fourth-order valence-electron chi connectivity index (χ4n) is 3.21. The maximum absolute atomic E-state index is 12.3. The standard InChI is InChI=1S/C22H25N3O3/c1-15-5-7-17(8-6-15)16(2)24-20(26)14-23-22(28)18-9-11-19(12-10-18)25-13-3-4-21(25)27/h5-12,16H,3-4,13-14H2,1-2H3,(H,23,28)(H,24,26). The monoisotopic (exact) mass is 379 g/mol. The van der Waals surface area contributed by atoms with Crippen LogP contribution in [-0.2, 0) is 9.59 Å². The van der Waals surface area contributed by atoms with Crippen molar-refractivity contribution in [3.8, 4) is 0 Å². The van der Waals surface area contributed by atoms with E-state index in [1.54, 1.807) is 29.2 Å². The Hall–Kier alpha value is -3.15. The van der Waals surface area contributed by atoms with E-state index in [1.165, 1.54) is 0 Å². The molecule has 0 radical (unpaired) electrons. The van der Waals surface area contributed by atoms with Gasteiger partial charge < -0.3 is 15.5 Å². The van der Waals surface area contributed by atoms with Crippen molar-refractivity contribution in [2.24, 2.45) is 0 Å². The number of aryl methyl sites for hydroxylation is 1. The van der Waals surface area contributed by atoms with Crippen molar-refractivity contribution in [3.63, 3.8) is 0 Å². The summed E-state index contributed by atoms with van der Waals surface area (Å²) < 4.78 is 0. The summed E-state index contributed by atoms with van der Waals surface area (Å²) in [6.07, 6.45) is 1.43. The Morgan fingerprint density at radius 2 is 1.75 bits per heavy atom. The zero-order chi connectivity index (χ0) is 20.1. The molecule has 0 spiro atoms. The molecule has 2 aromatic rings. The molecule has 3 rings (SSSR count). The average molecular weight is 379 g/mol. The zero-order valence-corrected chi connectivity index (χ0v) is 16.2. The normalized spacial score (nSPS) is 14.6. The topological polar surface area (TPSA) is 78.5 Å². The maximum atomic E-state index is 12.3. The van der Waals surface area contributed by atoms with Crippen LogP contribution in [0.1, 0.15) is 47.3 Å². The molecular formula is C22H25N3O3. The predicted octanol–water partition coefficient (Wildman–Crippen LogP) is 2.73. The van der Waals surface area contributed by atoms with Crippen LogP contribution in [0.5, 0.6) is 0 Å². The zero-order valence-electron chi connectivity index (χ0n) is 16.2. The molecule has 1 saturated heterocycles. The lowest BCUT2D eigenvalue weighted by atomic mass is 10.1. The Bertz CT molecular complexity index is 860. The van der Waals surface area contributed by atoms with Gasteiger partial charge in [0.05, 0.1) is 12.6 Å². The fourth-order valence-corrected chi connectivity index (χ4v) is 3.21. The molecule has 2 aromatic carbocycles. The van der Waals surface area contributed by atoms with Crippen LogP contribution in [-0.4, -0.2) is 30.8 Å². The van der Waals surface area contributed by atoms with Gasteiger partial charge in [-0.3, -0.25) is 14.4 Å². The van der Waals surface area contributed by atoms with Crippen molar-refractivity contribution < 1.29 is 14.4 Å². The van der Waals surface area contributed by atoms with Gasteiger partial charge in [0.15, 0.2) is 0 Å². The number of hydrogen-bond donors (Lipinski definition) is 2. The number of amides is 3. The molecule has 1 fully saturated rings. The molecule has 1 heterocycles. The van der Waals surface area contributed by atoms with Gasteiger partial charge in [-0.05, 0) is 50.1 Å². The summed E-state index contributed by atoms with van der Waals surface area (Å²) in [4.78, 5) is 37.9. The average Bonchev–Trinajstić information content (AvgIpc) is 3.12. The molecule has 0 saturated carbocycles. The minimum Gasteiger partial charge on any atom is -0.348 e. The van der Waals surface area contributed by atoms with Crippen LogP contribution in [0, 0.1) is 6.92 Å². The molecule has 1 atom stereocenters. The predicted molar refractivity (Wildman–Crippen MR) is 108 cm³/mol. The molecule has 0 bridgehead atoms. The fraction of sp³-hybridized carbons (Fsp3) is 0.318. The number of rotatable bonds is 6. The van der Waals surface area contributed by atoms with Gasteiger partial charge in [-0.1, -0.05) is 29.8 Å². The van der Waals surface area contributed by atoms with E-state index in [-0.39, 0.29) is 30.3 Å². The first-order valence-corrected chi connectivity index (χ1v) is 9.48. The SMILES string of the molecule is Cc1ccc(C(C)NC(=O)CNC(=O)c2ccc(N3CCCC3=O)cc2)cc1. The quantitative estimate of drug-likeness (QED) is 0.810. The summed E-state index contributed by atoms with van der Waals surface area (Å²) in [5.41, 5.74) is 3.42. The number of nitrogens with zero attached hydrogens (tertiary/aromatic N) is 1. The van der Waals surface area contributed by atoms with Gasteiger partial charge in [0, 0.05) is 24.2 Å². The number of nitrogens with one attached hydrogen (secondary N) is 2. The van der Waals surface area contributed by atoms with Gasteiger partial charge in [0.1, 0.15) is 0 Å². The second kappa shape index (κ2) is 8.69. The molecular weight excluding hydrogens is 354 g/mol. The minimum atomic E-state index is -0.322. The molecule has 3 amide bonds. The Kier molecular flexibility index (Phi) is 6.09. The second-order valence-corrected chi connectivity index (χ2v) is 7.08. The lowest BCUT2D eigenvalue weighted by Crippen LogP contribution is -2.38. The highest BCUT2D eigenvalue weighted by atomic mass is 16.2. The number of carbonyl (C=O) groups is 3. The van der Waals surface area contributed by atoms with E-state index in [0.717, 1.165) is 23.2 Å². The summed E-state index contributed by atoms with van der Waals surface area (Å²) in [5, 5.41) is 5.51. The summed E-state index contributed by atoms with van der Waals surface area (Å²) >= 11 is 0. The van der Waals surface area contributed by atoms with E-state index in [0.29, 0.717) is 18.5 Å². The highest BCUT2D eigenvalue weighted by Crippen LogP contribution is 2.21. The van der Waals surface area contributed by atoms with Crippen molar-refractivity contribution in [2.45, 2.75) is 32.7 Å². The van der Waals surface area contributed by atoms with E-state index in [9.17, 15) is 14.4 Å². The Morgan fingerprint density at radius 1 is 1.07 bits per heavy atom. The molecule has 6 nitrogen and oxygen atoms in total. The molecule has 2 N–H and O–H groups in total. The van der Waals surface area contributed by atoms with Crippen LogP contribution >= 0.6 is 0 Å². The molecule has 0 aliphatic carbocycles. The third kappa shape index (κ3) is 4.76. The summed E-state index contributed by atoms with van der Waals surface area (Å²) in [6, 6.07) is 14.7. The first kappa shape index (κ1) is 19.6. The molecule has 0 aromatic heterocycles. The Labute approximate surface area is 164 Å². The van der Waals surface area contributed by atoms with Crippen LogP contribution in [0.15, 0.2) is 48.5 Å². The van der Waals surface area contributed by atoms with E-state index in [4.69, 9.17) is 0 Å². The maximum Gasteiger partial charge on any atom is 0.251 e. The first-order chi connectivity index (χ1) is 13.4. The molecule has 6 heteroatoms. The van der Waals surface area contributed by atoms with Crippen LogP contribution in [0.25, 0.3) is 0 Å². The lowest BCUT2D eigenvalue weighted by Gasteiger charge is -2.16. The summed E-state index contributed by atoms with van der Waals surface area (Å²) in [5.74, 6) is -0.463. The highest BCUT2D eigenvalue weighted by Gasteiger charge is 2.21. The van der Waals surface area contributed by atoms with Crippen LogP contribution in [0.4, 0.5) is 5.69 Å². The van der Waals surface area contributed by atoms with Crippen molar-refractivity contribution in [2.75, 3.05) is 18.0 Å². The number of anilines is 1. The van der Waals surface area contributed by atoms with E-state index < -0.39 is 0 Å². The van der Waals surface area contributed by atoms with Crippen molar-refractivity contribution in [1.29, 1.82) is 0 Å². The molecule has 1 unspecified atom stereocenters. The summed E-state index contributed by atoms with van der Waals surface area (Å²) in [7, 11) is 0. The highest BCUT2D eigenvalue weighted by molar-refractivity contribution is 5.98. The van der Waals surface area contributed by atoms with E-state index in [2.05, 4.69) is 10.6 Å². The van der Waals surface area contributed by atoms with Gasteiger partial charge in [0.25, 0.3) is 5.91 Å². The van der Waals surface area contributed by atoms with Crippen LogP contribution in [0.3, 0.4) is 0 Å². The number of hydrogen-bond acceptors (Lipinski definition) is 3. The molecule has 146 valence electrons. The first-order valence-electron chi connectivity index (χ1n) is 9.48. The molecule has 1 aliphatic rings. The number of benzene rings is 2. The second-order valence-electron chi connectivity index (χ2n) is 7.08. The number of carbonyl (C=O) groups excluding carboxylic acids is 3. The Balaban J connectivity index is 1.49. The third-order valence-electron chi connectivity index (χ3n) is 4.88. The van der Waals surface area contributed by atoms with Crippen LogP contribution in [0.2, 0.25) is 0 Å². The summed E-state index contributed by atoms with van der Waals surface area (Å²) in [6.45, 7) is 4.53. The van der Waals surface area contributed by atoms with Gasteiger partial charge in [-0.15, -0.1) is 0 Å². The lowest BCUT2D eigenvalue weighted by molar-refractivity contribution is -0.120. The minimum absolute atomic E-state index is 0.0958. The van der Waals surface area contributed by atoms with E-state index >= 15 is 0 Å². The smallest absolute Gasteiger partial charge is 0.251 e.